The van der Waals surface area contributed by atoms with E-state index >= 15 is 0 Å². The van der Waals surface area contributed by atoms with E-state index in [1.807, 2.05) is 24.3 Å². The first-order valence-electron chi connectivity index (χ1n) is 15.7. The lowest BCUT2D eigenvalue weighted by Gasteiger charge is -2.28. The molecule has 2 aromatic carbocycles. The average Bonchev–Trinajstić information content (AvgIpc) is 2.97. The van der Waals surface area contributed by atoms with Crippen LogP contribution < -0.4 is 9.47 Å². The van der Waals surface area contributed by atoms with Crippen molar-refractivity contribution in [2.45, 2.75) is 117 Å². The van der Waals surface area contributed by atoms with Crippen molar-refractivity contribution >= 4 is 5.97 Å². The molecule has 2 aromatic rings. The Morgan fingerprint density at radius 3 is 2.15 bits per heavy atom. The van der Waals surface area contributed by atoms with E-state index < -0.39 is 5.97 Å². The van der Waals surface area contributed by atoms with Crippen LogP contribution in [0.25, 0.3) is 0 Å². The maximum absolute atomic E-state index is 12.8. The van der Waals surface area contributed by atoms with Gasteiger partial charge >= 0.3 is 5.97 Å². The summed E-state index contributed by atoms with van der Waals surface area (Å²) in [6, 6.07) is 13.1. The van der Waals surface area contributed by atoms with Crippen LogP contribution >= 0.6 is 0 Å². The van der Waals surface area contributed by atoms with E-state index in [4.69, 9.17) is 15.9 Å². The number of terminal acetylenes is 1. The summed E-state index contributed by atoms with van der Waals surface area (Å²) in [6.07, 6.45) is 26.4. The highest BCUT2D eigenvalue weighted by atomic mass is 16.5. The first kappa shape index (κ1) is 30.8. The molecule has 0 aliphatic heterocycles. The van der Waals surface area contributed by atoms with E-state index in [-0.39, 0.29) is 0 Å². The van der Waals surface area contributed by atoms with Crippen LogP contribution in [0.4, 0.5) is 0 Å². The van der Waals surface area contributed by atoms with Crippen molar-refractivity contribution in [1.29, 1.82) is 0 Å². The number of carbonyl (C=O) groups excluding carboxylic acids is 1. The minimum atomic E-state index is -0.405. The van der Waals surface area contributed by atoms with Crippen molar-refractivity contribution in [2.75, 3.05) is 6.61 Å². The predicted octanol–water partition coefficient (Wildman–Crippen LogP) is 9.95. The van der Waals surface area contributed by atoms with Gasteiger partial charge in [0.15, 0.2) is 0 Å². The second-order valence-electron chi connectivity index (χ2n) is 11.4. The van der Waals surface area contributed by atoms with Crippen LogP contribution in [0.5, 0.6) is 11.5 Å². The largest absolute Gasteiger partial charge is 0.494 e. The van der Waals surface area contributed by atoms with Gasteiger partial charge in [-0.15, -0.1) is 6.42 Å². The maximum atomic E-state index is 12.8. The van der Waals surface area contributed by atoms with Gasteiger partial charge in [0.05, 0.1) is 17.7 Å². The molecule has 0 bridgehead atoms. The van der Waals surface area contributed by atoms with E-state index in [0.29, 0.717) is 23.5 Å². The molecule has 1 fully saturated rings. The van der Waals surface area contributed by atoms with Crippen LogP contribution in [-0.4, -0.2) is 12.6 Å². The van der Waals surface area contributed by atoms with Crippen LogP contribution in [-0.2, 0) is 6.42 Å². The molecule has 3 rings (SSSR count). The molecule has 0 saturated heterocycles. The summed E-state index contributed by atoms with van der Waals surface area (Å²) in [6.45, 7) is 5.22. The molecule has 0 heterocycles. The quantitative estimate of drug-likeness (QED) is 0.0883. The highest BCUT2D eigenvalue weighted by molar-refractivity contribution is 5.91. The number of hydrogen-bond acceptors (Lipinski definition) is 3. The molecule has 0 unspecified atom stereocenters. The molecule has 39 heavy (non-hydrogen) atoms. The fraction of sp³-hybridized carbons (Fsp3) is 0.583. The Morgan fingerprint density at radius 1 is 0.821 bits per heavy atom. The van der Waals surface area contributed by atoms with E-state index in [0.717, 1.165) is 30.4 Å². The van der Waals surface area contributed by atoms with Crippen LogP contribution in [0.3, 0.4) is 0 Å². The molecule has 0 aromatic heterocycles. The number of benzene rings is 2. The fourth-order valence-electron chi connectivity index (χ4n) is 5.72. The van der Waals surface area contributed by atoms with Crippen LogP contribution in [0.2, 0.25) is 0 Å². The number of carbonyl (C=O) groups is 1. The number of ether oxygens (including phenoxy) is 2. The van der Waals surface area contributed by atoms with Gasteiger partial charge in [0.2, 0.25) is 0 Å². The topological polar surface area (TPSA) is 35.5 Å². The molecule has 3 nitrogen and oxygen atoms in total. The van der Waals surface area contributed by atoms with Crippen LogP contribution in [0.1, 0.15) is 132 Å². The molecular weight excluding hydrogens is 480 g/mol. The summed E-state index contributed by atoms with van der Waals surface area (Å²) in [5.74, 6) is 5.30. The third kappa shape index (κ3) is 11.1. The summed E-state index contributed by atoms with van der Waals surface area (Å²) in [7, 11) is 0. The Morgan fingerprint density at radius 2 is 1.46 bits per heavy atom. The van der Waals surface area contributed by atoms with Crippen molar-refractivity contribution in [3.05, 3.63) is 59.2 Å². The lowest BCUT2D eigenvalue weighted by atomic mass is 9.77. The smallest absolute Gasteiger partial charge is 0.343 e. The Hall–Kier alpha value is -2.73. The Balaban J connectivity index is 1.42. The molecule has 1 aliphatic rings. The minimum Gasteiger partial charge on any atom is -0.494 e. The molecule has 3 heteroatoms. The van der Waals surface area contributed by atoms with E-state index in [9.17, 15) is 4.79 Å². The van der Waals surface area contributed by atoms with Gasteiger partial charge in [-0.1, -0.05) is 109 Å². The highest BCUT2D eigenvalue weighted by Gasteiger charge is 2.21. The molecule has 0 radical (unpaired) electrons. The second kappa shape index (κ2) is 17.8. The van der Waals surface area contributed by atoms with Crippen molar-refractivity contribution < 1.29 is 14.3 Å². The van der Waals surface area contributed by atoms with E-state index in [1.165, 1.54) is 95.5 Å². The van der Waals surface area contributed by atoms with Gasteiger partial charge < -0.3 is 9.47 Å². The predicted molar refractivity (Wildman–Crippen MR) is 163 cm³/mol. The number of esters is 1. The zero-order chi connectivity index (χ0) is 27.7. The summed E-state index contributed by atoms with van der Waals surface area (Å²) in [5, 5.41) is 0. The normalized spacial score (nSPS) is 16.9. The third-order valence-electron chi connectivity index (χ3n) is 8.28. The molecule has 1 aliphatic carbocycles. The summed E-state index contributed by atoms with van der Waals surface area (Å²) in [5.41, 5.74) is 2.35. The molecule has 0 atom stereocenters. The SMILES string of the molecule is C#Cc1cc(CCC2CCC(CCCCC)CC2)ccc1OC(=O)c1ccc(OCCCCCCCC)cc1. The second-order valence-corrected chi connectivity index (χ2v) is 11.4. The number of hydrogen-bond donors (Lipinski definition) is 0. The first-order chi connectivity index (χ1) is 19.1. The standard InChI is InChI=1S/C36H50O3/c1-4-7-9-10-11-13-27-38-34-24-22-33(23-25-34)36(37)39-35-26-21-31(28-32(35)6-3)20-19-30-17-15-29(16-18-30)14-12-8-5-2/h3,21-26,28-30H,4-5,7-20,27H2,1-2H3. The zero-order valence-corrected chi connectivity index (χ0v) is 24.5. The summed E-state index contributed by atoms with van der Waals surface area (Å²) in [4.78, 5) is 12.8. The number of rotatable bonds is 17. The van der Waals surface area contributed by atoms with Crippen molar-refractivity contribution in [1.82, 2.24) is 0 Å². The van der Waals surface area contributed by atoms with Crippen LogP contribution in [0.15, 0.2) is 42.5 Å². The van der Waals surface area contributed by atoms with Crippen molar-refractivity contribution in [3.63, 3.8) is 0 Å². The lowest BCUT2D eigenvalue weighted by Crippen LogP contribution is -2.15. The molecule has 0 amide bonds. The van der Waals surface area contributed by atoms with Gasteiger partial charge in [-0.05, 0) is 73.1 Å². The van der Waals surface area contributed by atoms with Crippen LogP contribution in [0, 0.1) is 24.2 Å². The van der Waals surface area contributed by atoms with E-state index in [1.54, 1.807) is 12.1 Å². The number of unbranched alkanes of at least 4 members (excludes halogenated alkanes) is 7. The Labute approximate surface area is 238 Å². The van der Waals surface area contributed by atoms with Gasteiger partial charge in [0.25, 0.3) is 0 Å². The van der Waals surface area contributed by atoms with Gasteiger partial charge in [0.1, 0.15) is 11.5 Å². The van der Waals surface area contributed by atoms with Crippen molar-refractivity contribution in [3.8, 4) is 23.8 Å². The molecule has 0 spiro atoms. The molecule has 0 N–H and O–H groups in total. The zero-order valence-electron chi connectivity index (χ0n) is 24.5. The summed E-state index contributed by atoms with van der Waals surface area (Å²) >= 11 is 0. The summed E-state index contributed by atoms with van der Waals surface area (Å²) < 4.78 is 11.5. The highest BCUT2D eigenvalue weighted by Crippen LogP contribution is 2.34. The third-order valence-corrected chi connectivity index (χ3v) is 8.28. The van der Waals surface area contributed by atoms with Gasteiger partial charge in [-0.2, -0.15) is 0 Å². The van der Waals surface area contributed by atoms with Crippen molar-refractivity contribution in [2.24, 2.45) is 11.8 Å². The monoisotopic (exact) mass is 530 g/mol. The Bertz CT molecular complexity index is 1010. The van der Waals surface area contributed by atoms with Gasteiger partial charge in [-0.25, -0.2) is 4.79 Å². The fourth-order valence-corrected chi connectivity index (χ4v) is 5.72. The van der Waals surface area contributed by atoms with E-state index in [2.05, 4.69) is 25.8 Å². The molecule has 212 valence electrons. The first-order valence-corrected chi connectivity index (χ1v) is 15.7. The average molecular weight is 531 g/mol. The number of aryl methyl sites for hydroxylation is 1. The Kier molecular flexibility index (Phi) is 14.0. The minimum absolute atomic E-state index is 0.405. The molecular formula is C36H50O3. The maximum Gasteiger partial charge on any atom is 0.343 e. The van der Waals surface area contributed by atoms with Gasteiger partial charge in [0, 0.05) is 0 Å². The van der Waals surface area contributed by atoms with Gasteiger partial charge in [-0.3, -0.25) is 0 Å². The lowest BCUT2D eigenvalue weighted by molar-refractivity contribution is 0.0734. The molecule has 1 saturated carbocycles.